The molecule has 110 valence electrons. The minimum atomic E-state index is -2.43. The molecule has 1 aliphatic heterocycles. The summed E-state index contributed by atoms with van der Waals surface area (Å²) in [4.78, 5) is 11.3. The van der Waals surface area contributed by atoms with Gasteiger partial charge in [-0.15, -0.1) is 0 Å². The molecule has 1 aromatic carbocycles. The maximum Gasteiger partial charge on any atom is 0.261 e. The van der Waals surface area contributed by atoms with Crippen LogP contribution in [0.1, 0.15) is 23.6 Å². The number of alkyl halides is 2. The monoisotopic (exact) mass is 284 g/mol. The zero-order valence-electron chi connectivity index (χ0n) is 11.3. The van der Waals surface area contributed by atoms with Crippen LogP contribution < -0.4 is 10.6 Å². The summed E-state index contributed by atoms with van der Waals surface area (Å²) in [5.74, 6) is -0.00146. The predicted molar refractivity (Wildman–Crippen MR) is 72.0 cm³/mol. The summed E-state index contributed by atoms with van der Waals surface area (Å²) < 4.78 is 28.8. The van der Waals surface area contributed by atoms with Gasteiger partial charge in [0.15, 0.2) is 0 Å². The first-order chi connectivity index (χ1) is 9.60. The maximum atomic E-state index is 12.0. The lowest BCUT2D eigenvalue weighted by Crippen LogP contribution is -2.19. The number of amides is 1. The fourth-order valence-electron chi connectivity index (χ4n) is 2.32. The summed E-state index contributed by atoms with van der Waals surface area (Å²) in [5, 5.41) is 5.91. The fourth-order valence-corrected chi connectivity index (χ4v) is 2.32. The number of anilines is 1. The number of ether oxygens (including phenoxy) is 1. The Morgan fingerprint density at radius 1 is 1.45 bits per heavy atom. The summed E-state index contributed by atoms with van der Waals surface area (Å²) in [6.45, 7) is -0.261. The number of benzene rings is 1. The van der Waals surface area contributed by atoms with Crippen LogP contribution in [0.3, 0.4) is 0 Å². The molecule has 1 unspecified atom stereocenters. The number of hydrogen-bond acceptors (Lipinski definition) is 3. The largest absolute Gasteiger partial charge is 0.375 e. The summed E-state index contributed by atoms with van der Waals surface area (Å²) in [7, 11) is 1.81. The topological polar surface area (TPSA) is 50.4 Å². The van der Waals surface area contributed by atoms with E-state index in [1.165, 1.54) is 0 Å². The summed E-state index contributed by atoms with van der Waals surface area (Å²) in [6, 6.07) is 5.80. The zero-order chi connectivity index (χ0) is 14.5. The lowest BCUT2D eigenvalue weighted by molar-refractivity contribution is -0.115. The van der Waals surface area contributed by atoms with Crippen molar-refractivity contribution in [3.8, 4) is 0 Å². The second-order valence-electron chi connectivity index (χ2n) is 4.74. The highest BCUT2D eigenvalue weighted by Crippen LogP contribution is 2.27. The molecule has 6 heteroatoms. The maximum absolute atomic E-state index is 12.0. The van der Waals surface area contributed by atoms with Crippen molar-refractivity contribution in [2.75, 3.05) is 25.6 Å². The molecule has 4 nitrogen and oxygen atoms in total. The van der Waals surface area contributed by atoms with Gasteiger partial charge < -0.3 is 15.4 Å². The Hall–Kier alpha value is -1.53. The normalized spacial score (nSPS) is 15.3. The van der Waals surface area contributed by atoms with Crippen LogP contribution in [0.4, 0.5) is 14.5 Å². The van der Waals surface area contributed by atoms with Gasteiger partial charge in [-0.05, 0) is 30.7 Å². The molecular formula is C14H18F2N2O2. The van der Waals surface area contributed by atoms with Gasteiger partial charge in [-0.2, -0.15) is 0 Å². The van der Waals surface area contributed by atoms with Crippen molar-refractivity contribution < 1.29 is 18.3 Å². The molecule has 0 aliphatic carbocycles. The highest BCUT2D eigenvalue weighted by atomic mass is 19.3. The molecule has 0 spiro atoms. The lowest BCUT2D eigenvalue weighted by Gasteiger charge is -2.17. The highest BCUT2D eigenvalue weighted by Gasteiger charge is 2.19. The predicted octanol–water partition coefficient (Wildman–Crippen LogP) is 2.11. The van der Waals surface area contributed by atoms with Gasteiger partial charge in [0.2, 0.25) is 5.91 Å². The molecule has 1 amide bonds. The van der Waals surface area contributed by atoms with E-state index in [0.717, 1.165) is 16.8 Å². The second-order valence-corrected chi connectivity index (χ2v) is 4.74. The molecule has 2 N–H and O–H groups in total. The number of carbonyl (C=O) groups is 1. The summed E-state index contributed by atoms with van der Waals surface area (Å²) >= 11 is 0. The first-order valence-corrected chi connectivity index (χ1v) is 6.56. The standard InChI is InChI=1S/C14H18F2N2O2/c1-17-11(4-5-20-8-13(15)16)9-2-3-12-10(6-9)7-14(19)18-12/h2-3,6,11,13,17H,4-5,7-8H2,1H3,(H,18,19). The van der Waals surface area contributed by atoms with E-state index in [1.807, 2.05) is 25.2 Å². The average Bonchev–Trinajstić information content (AvgIpc) is 2.77. The molecule has 0 aromatic heterocycles. The van der Waals surface area contributed by atoms with Crippen molar-refractivity contribution in [2.45, 2.75) is 25.3 Å². The van der Waals surface area contributed by atoms with Crippen molar-refractivity contribution in [2.24, 2.45) is 0 Å². The van der Waals surface area contributed by atoms with Crippen LogP contribution in [0.5, 0.6) is 0 Å². The van der Waals surface area contributed by atoms with Gasteiger partial charge in [0.05, 0.1) is 6.42 Å². The molecule has 0 radical (unpaired) electrons. The Bertz CT molecular complexity index is 480. The summed E-state index contributed by atoms with van der Waals surface area (Å²) in [5.41, 5.74) is 2.85. The Kier molecular flexibility index (Phi) is 5.03. The van der Waals surface area contributed by atoms with E-state index >= 15 is 0 Å². The molecule has 0 saturated heterocycles. The Morgan fingerprint density at radius 3 is 2.95 bits per heavy atom. The van der Waals surface area contributed by atoms with Gasteiger partial charge in [-0.1, -0.05) is 12.1 Å². The molecule has 0 saturated carbocycles. The van der Waals surface area contributed by atoms with Crippen molar-refractivity contribution in [3.63, 3.8) is 0 Å². The minimum Gasteiger partial charge on any atom is -0.375 e. The molecular weight excluding hydrogens is 266 g/mol. The molecule has 0 fully saturated rings. The fraction of sp³-hybridized carbons (Fsp3) is 0.500. The van der Waals surface area contributed by atoms with Crippen LogP contribution in [0.2, 0.25) is 0 Å². The third-order valence-electron chi connectivity index (χ3n) is 3.30. The SMILES string of the molecule is CNC(CCOCC(F)F)c1ccc2c(c1)CC(=O)N2. The van der Waals surface area contributed by atoms with E-state index in [1.54, 1.807) is 0 Å². The zero-order valence-corrected chi connectivity index (χ0v) is 11.3. The van der Waals surface area contributed by atoms with Crippen molar-refractivity contribution in [3.05, 3.63) is 29.3 Å². The van der Waals surface area contributed by atoms with E-state index in [2.05, 4.69) is 10.6 Å². The number of halogens is 2. The third-order valence-corrected chi connectivity index (χ3v) is 3.30. The third kappa shape index (κ3) is 3.74. The molecule has 2 rings (SSSR count). The van der Waals surface area contributed by atoms with Gasteiger partial charge in [-0.3, -0.25) is 4.79 Å². The smallest absolute Gasteiger partial charge is 0.261 e. The van der Waals surface area contributed by atoms with Crippen molar-refractivity contribution >= 4 is 11.6 Å². The van der Waals surface area contributed by atoms with Crippen LogP contribution in [0.15, 0.2) is 18.2 Å². The van der Waals surface area contributed by atoms with Crippen molar-refractivity contribution in [1.82, 2.24) is 5.32 Å². The number of rotatable bonds is 7. The Morgan fingerprint density at radius 2 is 2.25 bits per heavy atom. The van der Waals surface area contributed by atoms with Gasteiger partial charge in [0.1, 0.15) is 6.61 Å². The quantitative estimate of drug-likeness (QED) is 0.754. The van der Waals surface area contributed by atoms with E-state index in [-0.39, 0.29) is 18.6 Å². The van der Waals surface area contributed by atoms with Crippen LogP contribution in [-0.4, -0.2) is 32.6 Å². The van der Waals surface area contributed by atoms with Crippen LogP contribution in [0.25, 0.3) is 0 Å². The number of nitrogens with one attached hydrogen (secondary N) is 2. The van der Waals surface area contributed by atoms with E-state index in [4.69, 9.17) is 4.74 Å². The van der Waals surface area contributed by atoms with E-state index in [9.17, 15) is 13.6 Å². The molecule has 1 heterocycles. The van der Waals surface area contributed by atoms with E-state index < -0.39 is 13.0 Å². The average molecular weight is 284 g/mol. The van der Waals surface area contributed by atoms with Gasteiger partial charge >= 0.3 is 0 Å². The van der Waals surface area contributed by atoms with E-state index in [0.29, 0.717) is 12.8 Å². The minimum absolute atomic E-state index is 0.00146. The first kappa shape index (κ1) is 14.9. The highest BCUT2D eigenvalue weighted by molar-refractivity contribution is 5.99. The number of carbonyl (C=O) groups excluding carboxylic acids is 1. The van der Waals surface area contributed by atoms with Crippen LogP contribution in [-0.2, 0) is 16.0 Å². The number of hydrogen-bond donors (Lipinski definition) is 2. The Balaban J connectivity index is 1.94. The lowest BCUT2D eigenvalue weighted by atomic mass is 10.0. The van der Waals surface area contributed by atoms with Gasteiger partial charge in [-0.25, -0.2) is 8.78 Å². The van der Waals surface area contributed by atoms with Crippen LogP contribution >= 0.6 is 0 Å². The van der Waals surface area contributed by atoms with Gasteiger partial charge in [0.25, 0.3) is 6.43 Å². The second kappa shape index (κ2) is 6.76. The first-order valence-electron chi connectivity index (χ1n) is 6.56. The number of fused-ring (bicyclic) bond motifs is 1. The van der Waals surface area contributed by atoms with Gasteiger partial charge in [0, 0.05) is 18.3 Å². The summed E-state index contributed by atoms with van der Waals surface area (Å²) in [6.07, 6.45) is -1.44. The molecule has 1 aromatic rings. The molecule has 1 aliphatic rings. The Labute approximate surface area is 116 Å². The van der Waals surface area contributed by atoms with Crippen LogP contribution in [0, 0.1) is 0 Å². The van der Waals surface area contributed by atoms with Crippen molar-refractivity contribution in [1.29, 1.82) is 0 Å². The molecule has 1 atom stereocenters. The molecule has 0 bridgehead atoms. The molecule has 20 heavy (non-hydrogen) atoms.